The van der Waals surface area contributed by atoms with Crippen LogP contribution in [-0.2, 0) is 31.0 Å². The van der Waals surface area contributed by atoms with Gasteiger partial charge < -0.3 is 24.0 Å². The highest BCUT2D eigenvalue weighted by Crippen LogP contribution is 2.49. The van der Waals surface area contributed by atoms with E-state index in [0.717, 1.165) is 87.5 Å². The fourth-order valence-corrected chi connectivity index (χ4v) is 11.0. The number of benzene rings is 2. The predicted octanol–water partition coefficient (Wildman–Crippen LogP) is 6.33. The van der Waals surface area contributed by atoms with E-state index in [-0.39, 0.29) is 40.8 Å². The minimum absolute atomic E-state index is 0.0741. The van der Waals surface area contributed by atoms with Gasteiger partial charge in [-0.3, -0.25) is 9.52 Å². The van der Waals surface area contributed by atoms with E-state index in [1.165, 1.54) is 11.1 Å². The Balaban J connectivity index is 1.27. The molecule has 1 unspecified atom stereocenters. The second-order valence-electron chi connectivity index (χ2n) is 15.9. The molecule has 2 aromatic carbocycles. The average molecular weight is 712 g/mol. The Morgan fingerprint density at radius 1 is 1.08 bits per heavy atom. The smallest absolute Gasteiger partial charge is 0.262 e. The van der Waals surface area contributed by atoms with E-state index in [1.807, 2.05) is 25.1 Å². The summed E-state index contributed by atoms with van der Waals surface area (Å²) in [6.45, 7) is 7.77. The first kappa shape index (κ1) is 35.1. The molecule has 1 saturated heterocycles. The van der Waals surface area contributed by atoms with Crippen molar-refractivity contribution in [1.29, 1.82) is 0 Å². The lowest BCUT2D eigenvalue weighted by Crippen LogP contribution is -2.50. The van der Waals surface area contributed by atoms with Crippen molar-refractivity contribution >= 4 is 38.8 Å². The largest absolute Gasteiger partial charge is 0.490 e. The molecule has 1 saturated carbocycles. The van der Waals surface area contributed by atoms with E-state index in [2.05, 4.69) is 53.5 Å². The lowest BCUT2D eigenvalue weighted by Gasteiger charge is -2.47. The summed E-state index contributed by atoms with van der Waals surface area (Å²) < 4.78 is 36.6. The standard InChI is InChI=1S/C39H54ClN3O5S/c1-25-8-6-10-33(38-46-22-31(48-38)21-42(3)4)32-14-11-29(32)20-43-23-39(17-7-9-27-18-30(40)13-15-34(27)39)24-47-36-16-12-28(19-35(36)43)37(44)41-49(5,45)26(25)2/h12-13,15-16,18-19,25-26,29,31-33,38H,5-11,14,17,20-24H2,1-4H3,(H,41,44,45)/t25-,26+,29-,31-,32+,33-,38-,39-,49?/m0/s1. The van der Waals surface area contributed by atoms with Crippen LogP contribution >= 0.6 is 11.6 Å². The molecule has 0 aromatic heterocycles. The summed E-state index contributed by atoms with van der Waals surface area (Å²) in [5, 5.41) is 0.496. The zero-order chi connectivity index (χ0) is 34.5. The van der Waals surface area contributed by atoms with Gasteiger partial charge in [-0.1, -0.05) is 31.0 Å². The van der Waals surface area contributed by atoms with Crippen LogP contribution in [0, 0.1) is 23.7 Å². The number of nitrogens with one attached hydrogen (secondary N) is 1. The molecule has 10 heteroatoms. The average Bonchev–Trinajstić information content (AvgIpc) is 3.44. The quantitative estimate of drug-likeness (QED) is 0.373. The first-order valence-electron chi connectivity index (χ1n) is 18.3. The van der Waals surface area contributed by atoms with E-state index in [4.69, 9.17) is 25.8 Å². The SMILES string of the molecule is C=S1(=O)NC(=O)c2ccc3c(c2)N(C[C@@H]2CC[C@H]2[C@@H]([C@H]2OC[C@H](CN(C)C)O2)CCC[C@H](C)[C@H]1C)C[C@@]1(CCCc2cc(Cl)ccc21)CO3. The summed E-state index contributed by atoms with van der Waals surface area (Å²) in [4.78, 5) is 18.4. The maximum absolute atomic E-state index is 13.9. The molecule has 9 atom stereocenters. The van der Waals surface area contributed by atoms with Crippen LogP contribution in [0.4, 0.5) is 5.69 Å². The zero-order valence-corrected chi connectivity index (χ0v) is 31.2. The van der Waals surface area contributed by atoms with Crippen molar-refractivity contribution in [2.75, 3.05) is 51.8 Å². The Bertz CT molecular complexity index is 1650. The Labute approximate surface area is 298 Å². The minimum atomic E-state index is -2.90. The van der Waals surface area contributed by atoms with Gasteiger partial charge in [0.2, 0.25) is 0 Å². The highest BCUT2D eigenvalue weighted by atomic mass is 35.5. The van der Waals surface area contributed by atoms with Crippen LogP contribution in [0.2, 0.25) is 5.02 Å². The van der Waals surface area contributed by atoms with Gasteiger partial charge in [0.1, 0.15) is 5.75 Å². The molecular formula is C39H54ClN3O5S. The van der Waals surface area contributed by atoms with E-state index >= 15 is 0 Å². The predicted molar refractivity (Wildman–Crippen MR) is 198 cm³/mol. The third-order valence-corrected chi connectivity index (χ3v) is 14.8. The zero-order valence-electron chi connectivity index (χ0n) is 29.6. The van der Waals surface area contributed by atoms with Gasteiger partial charge in [0.15, 0.2) is 6.29 Å². The van der Waals surface area contributed by atoms with E-state index in [0.29, 0.717) is 30.6 Å². The molecule has 7 rings (SSSR count). The molecule has 2 fully saturated rings. The molecule has 3 heterocycles. The lowest BCUT2D eigenvalue weighted by molar-refractivity contribution is -0.134. The molecule has 268 valence electrons. The summed E-state index contributed by atoms with van der Waals surface area (Å²) in [5.41, 5.74) is 3.83. The van der Waals surface area contributed by atoms with Crippen molar-refractivity contribution in [2.24, 2.45) is 23.7 Å². The molecule has 2 aromatic rings. The van der Waals surface area contributed by atoms with Crippen LogP contribution in [-0.4, -0.2) is 85.5 Å². The number of amides is 1. The van der Waals surface area contributed by atoms with Crippen LogP contribution in [0.1, 0.15) is 80.3 Å². The van der Waals surface area contributed by atoms with Crippen LogP contribution in [0.15, 0.2) is 36.4 Å². The third kappa shape index (κ3) is 7.12. The minimum Gasteiger partial charge on any atom is -0.490 e. The Kier molecular flexibility index (Phi) is 10.0. The van der Waals surface area contributed by atoms with Crippen molar-refractivity contribution in [2.45, 2.75) is 88.3 Å². The van der Waals surface area contributed by atoms with Gasteiger partial charge in [-0.25, -0.2) is 4.21 Å². The van der Waals surface area contributed by atoms with E-state index < -0.39 is 9.71 Å². The van der Waals surface area contributed by atoms with Gasteiger partial charge in [0, 0.05) is 46.8 Å². The van der Waals surface area contributed by atoms with Crippen molar-refractivity contribution in [1.82, 2.24) is 9.62 Å². The highest BCUT2D eigenvalue weighted by molar-refractivity contribution is 7.99. The van der Waals surface area contributed by atoms with Gasteiger partial charge in [0.25, 0.3) is 5.91 Å². The molecular weight excluding hydrogens is 658 g/mol. The maximum Gasteiger partial charge on any atom is 0.262 e. The molecule has 2 bridgehead atoms. The van der Waals surface area contributed by atoms with Gasteiger partial charge in [-0.2, -0.15) is 0 Å². The monoisotopic (exact) mass is 711 g/mol. The summed E-state index contributed by atoms with van der Waals surface area (Å²) >= 11 is 6.49. The fraction of sp³-hybridized carbons (Fsp3) is 0.641. The number of ether oxygens (including phenoxy) is 3. The number of rotatable bonds is 3. The lowest BCUT2D eigenvalue weighted by atomic mass is 9.64. The number of carbonyl (C=O) groups is 1. The Hall–Kier alpha value is -2.30. The topological polar surface area (TPSA) is 80.3 Å². The molecule has 0 radical (unpaired) electrons. The van der Waals surface area contributed by atoms with Gasteiger partial charge in [-0.15, -0.1) is 0 Å². The van der Waals surface area contributed by atoms with Crippen molar-refractivity contribution in [3.05, 3.63) is 58.1 Å². The first-order valence-corrected chi connectivity index (χ1v) is 20.5. The van der Waals surface area contributed by atoms with Crippen molar-refractivity contribution < 1.29 is 23.2 Å². The first-order chi connectivity index (χ1) is 23.4. The number of anilines is 1. The van der Waals surface area contributed by atoms with Crippen LogP contribution < -0.4 is 14.4 Å². The van der Waals surface area contributed by atoms with Gasteiger partial charge in [-0.05, 0) is 131 Å². The summed E-state index contributed by atoms with van der Waals surface area (Å²) in [6.07, 6.45) is 8.14. The number of hydrogen-bond donors (Lipinski definition) is 1. The molecule has 3 aliphatic heterocycles. The maximum atomic E-state index is 13.9. The number of aryl methyl sites for hydroxylation is 1. The number of likely N-dealkylation sites (N-methyl/N-ethyl adjacent to an activating group) is 1. The number of hydrogen-bond acceptors (Lipinski definition) is 7. The normalized spacial score (nSPS) is 36.7. The molecule has 1 spiro atoms. The van der Waals surface area contributed by atoms with E-state index in [9.17, 15) is 9.00 Å². The molecule has 2 aliphatic carbocycles. The molecule has 49 heavy (non-hydrogen) atoms. The van der Waals surface area contributed by atoms with Crippen LogP contribution in [0.5, 0.6) is 5.75 Å². The van der Waals surface area contributed by atoms with Crippen LogP contribution in [0.25, 0.3) is 0 Å². The van der Waals surface area contributed by atoms with E-state index in [1.54, 1.807) is 6.07 Å². The van der Waals surface area contributed by atoms with Gasteiger partial charge in [0.05, 0.1) is 34.7 Å². The summed E-state index contributed by atoms with van der Waals surface area (Å²) in [7, 11) is 1.26. The number of halogens is 1. The second-order valence-corrected chi connectivity index (χ2v) is 18.8. The number of fused-ring (bicyclic) bond motifs is 4. The van der Waals surface area contributed by atoms with Gasteiger partial charge >= 0.3 is 0 Å². The van der Waals surface area contributed by atoms with Crippen LogP contribution in [0.3, 0.4) is 0 Å². The Morgan fingerprint density at radius 3 is 2.69 bits per heavy atom. The summed E-state index contributed by atoms with van der Waals surface area (Å²) in [5.74, 6) is 5.83. The van der Waals surface area contributed by atoms with Crippen molar-refractivity contribution in [3.8, 4) is 5.75 Å². The number of nitrogens with zero attached hydrogens (tertiary/aromatic N) is 2. The van der Waals surface area contributed by atoms with Crippen molar-refractivity contribution in [3.63, 3.8) is 0 Å². The molecule has 1 amide bonds. The number of carbonyl (C=O) groups excluding carboxylic acids is 1. The third-order valence-electron chi connectivity index (χ3n) is 12.3. The summed E-state index contributed by atoms with van der Waals surface area (Å²) in [6, 6.07) is 12.0. The molecule has 5 aliphatic rings. The molecule has 1 N–H and O–H groups in total. The fourth-order valence-electron chi connectivity index (χ4n) is 9.27. The second kappa shape index (κ2) is 14.0. The highest BCUT2D eigenvalue weighted by Gasteiger charge is 2.47. The Morgan fingerprint density at radius 2 is 1.92 bits per heavy atom. The molecule has 8 nitrogen and oxygen atoms in total.